The van der Waals surface area contributed by atoms with E-state index in [9.17, 15) is 0 Å². The number of nitrogens with two attached hydrogens (primary N) is 1. The Hall–Kier alpha value is -1.22. The molecule has 0 fully saturated rings. The van der Waals surface area contributed by atoms with E-state index < -0.39 is 0 Å². The topological polar surface area (TPSA) is 55.5 Å². The third-order valence-electron chi connectivity index (χ3n) is 2.45. The highest BCUT2D eigenvalue weighted by Gasteiger charge is 2.21. The lowest BCUT2D eigenvalue weighted by Crippen LogP contribution is -2.17. The SMILES string of the molecule is Nc1cccc2c1OCCC2CO. The molecule has 0 bridgehead atoms. The second-order valence-electron chi connectivity index (χ2n) is 3.28. The second kappa shape index (κ2) is 3.26. The number of aliphatic hydroxyl groups excluding tert-OH is 1. The minimum atomic E-state index is 0.166. The summed E-state index contributed by atoms with van der Waals surface area (Å²) >= 11 is 0. The van der Waals surface area contributed by atoms with Gasteiger partial charge >= 0.3 is 0 Å². The molecule has 0 aliphatic carbocycles. The van der Waals surface area contributed by atoms with E-state index >= 15 is 0 Å². The van der Waals surface area contributed by atoms with Crippen LogP contribution in [-0.4, -0.2) is 18.3 Å². The molecule has 0 saturated heterocycles. The first-order valence-corrected chi connectivity index (χ1v) is 4.45. The fourth-order valence-corrected chi connectivity index (χ4v) is 1.71. The number of anilines is 1. The van der Waals surface area contributed by atoms with Crippen LogP contribution in [0.1, 0.15) is 17.9 Å². The smallest absolute Gasteiger partial charge is 0.145 e. The molecule has 1 aromatic carbocycles. The van der Waals surface area contributed by atoms with Crippen molar-refractivity contribution >= 4 is 5.69 Å². The molecule has 3 nitrogen and oxygen atoms in total. The molecule has 1 aromatic rings. The molecule has 1 heterocycles. The molecule has 0 radical (unpaired) electrons. The quantitative estimate of drug-likeness (QED) is 0.635. The fourth-order valence-electron chi connectivity index (χ4n) is 1.71. The minimum Gasteiger partial charge on any atom is -0.491 e. The van der Waals surface area contributed by atoms with Crippen LogP contribution in [0.15, 0.2) is 18.2 Å². The molecule has 3 heteroatoms. The van der Waals surface area contributed by atoms with Crippen molar-refractivity contribution in [1.29, 1.82) is 0 Å². The summed E-state index contributed by atoms with van der Waals surface area (Å²) in [5.74, 6) is 0.944. The maximum absolute atomic E-state index is 9.13. The highest BCUT2D eigenvalue weighted by atomic mass is 16.5. The zero-order valence-electron chi connectivity index (χ0n) is 7.36. The van der Waals surface area contributed by atoms with Crippen molar-refractivity contribution < 1.29 is 9.84 Å². The largest absolute Gasteiger partial charge is 0.491 e. The van der Waals surface area contributed by atoms with Crippen LogP contribution >= 0.6 is 0 Å². The molecular formula is C10H13NO2. The highest BCUT2D eigenvalue weighted by Crippen LogP contribution is 2.37. The maximum Gasteiger partial charge on any atom is 0.145 e. The van der Waals surface area contributed by atoms with Gasteiger partial charge in [-0.3, -0.25) is 0 Å². The van der Waals surface area contributed by atoms with Crippen LogP contribution < -0.4 is 10.5 Å². The third-order valence-corrected chi connectivity index (χ3v) is 2.45. The van der Waals surface area contributed by atoms with Gasteiger partial charge in [-0.2, -0.15) is 0 Å². The zero-order chi connectivity index (χ0) is 9.26. The Morgan fingerprint density at radius 1 is 1.54 bits per heavy atom. The van der Waals surface area contributed by atoms with E-state index in [2.05, 4.69) is 0 Å². The van der Waals surface area contributed by atoms with Gasteiger partial charge in [-0.15, -0.1) is 0 Å². The maximum atomic E-state index is 9.13. The summed E-state index contributed by atoms with van der Waals surface area (Å²) in [6.07, 6.45) is 0.868. The fraction of sp³-hybridized carbons (Fsp3) is 0.400. The summed E-state index contributed by atoms with van der Waals surface area (Å²) in [5.41, 5.74) is 7.45. The summed E-state index contributed by atoms with van der Waals surface area (Å²) in [5, 5.41) is 9.13. The lowest BCUT2D eigenvalue weighted by atomic mass is 9.93. The van der Waals surface area contributed by atoms with Crippen LogP contribution in [0, 0.1) is 0 Å². The molecule has 70 valence electrons. The Kier molecular flexibility index (Phi) is 2.10. The van der Waals surface area contributed by atoms with Crippen LogP contribution in [0.5, 0.6) is 5.75 Å². The highest BCUT2D eigenvalue weighted by molar-refractivity contribution is 5.58. The average molecular weight is 179 g/mol. The van der Waals surface area contributed by atoms with Crippen LogP contribution in [-0.2, 0) is 0 Å². The van der Waals surface area contributed by atoms with E-state index in [1.807, 2.05) is 18.2 Å². The lowest BCUT2D eigenvalue weighted by molar-refractivity contribution is 0.206. The van der Waals surface area contributed by atoms with Crippen LogP contribution in [0.4, 0.5) is 5.69 Å². The zero-order valence-corrected chi connectivity index (χ0v) is 7.36. The number of aliphatic hydroxyl groups is 1. The van der Waals surface area contributed by atoms with Gasteiger partial charge in [-0.05, 0) is 12.5 Å². The first-order valence-electron chi connectivity index (χ1n) is 4.45. The van der Waals surface area contributed by atoms with Crippen LogP contribution in [0.2, 0.25) is 0 Å². The first-order chi connectivity index (χ1) is 6.33. The van der Waals surface area contributed by atoms with Gasteiger partial charge in [0, 0.05) is 11.5 Å². The molecule has 1 aliphatic heterocycles. The monoisotopic (exact) mass is 179 g/mol. The number of para-hydroxylation sites is 1. The van der Waals surface area contributed by atoms with Gasteiger partial charge in [0.25, 0.3) is 0 Å². The third kappa shape index (κ3) is 1.35. The standard InChI is InChI=1S/C10H13NO2/c11-9-3-1-2-8-7(6-12)4-5-13-10(8)9/h1-3,7,12H,4-6,11H2. The number of fused-ring (bicyclic) bond motifs is 1. The molecule has 0 saturated carbocycles. The molecular weight excluding hydrogens is 166 g/mol. The summed E-state index contributed by atoms with van der Waals surface area (Å²) in [4.78, 5) is 0. The Morgan fingerprint density at radius 2 is 2.38 bits per heavy atom. The number of hydrogen-bond donors (Lipinski definition) is 2. The summed E-state index contributed by atoms with van der Waals surface area (Å²) < 4.78 is 5.45. The Morgan fingerprint density at radius 3 is 3.15 bits per heavy atom. The van der Waals surface area contributed by atoms with Crippen molar-refractivity contribution in [2.45, 2.75) is 12.3 Å². The molecule has 0 aromatic heterocycles. The van der Waals surface area contributed by atoms with E-state index in [0.29, 0.717) is 12.3 Å². The lowest BCUT2D eigenvalue weighted by Gasteiger charge is -2.25. The summed E-state index contributed by atoms with van der Waals surface area (Å²) in [6, 6.07) is 5.68. The van der Waals surface area contributed by atoms with Gasteiger partial charge in [0.15, 0.2) is 0 Å². The van der Waals surface area contributed by atoms with Gasteiger partial charge in [-0.25, -0.2) is 0 Å². The average Bonchev–Trinajstić information content (AvgIpc) is 2.18. The number of hydrogen-bond acceptors (Lipinski definition) is 3. The van der Waals surface area contributed by atoms with Crippen molar-refractivity contribution in [1.82, 2.24) is 0 Å². The van der Waals surface area contributed by atoms with E-state index in [4.69, 9.17) is 15.6 Å². The number of rotatable bonds is 1. The van der Waals surface area contributed by atoms with Gasteiger partial charge in [0.2, 0.25) is 0 Å². The molecule has 13 heavy (non-hydrogen) atoms. The molecule has 2 rings (SSSR count). The molecule has 1 aliphatic rings. The van der Waals surface area contributed by atoms with Crippen LogP contribution in [0.3, 0.4) is 0 Å². The Labute approximate surface area is 77.1 Å². The van der Waals surface area contributed by atoms with Gasteiger partial charge < -0.3 is 15.6 Å². The summed E-state index contributed by atoms with van der Waals surface area (Å²) in [7, 11) is 0. The van der Waals surface area contributed by atoms with E-state index in [1.165, 1.54) is 0 Å². The van der Waals surface area contributed by atoms with Crippen molar-refractivity contribution in [3.63, 3.8) is 0 Å². The normalized spacial score (nSPS) is 20.5. The summed E-state index contributed by atoms with van der Waals surface area (Å²) in [6.45, 7) is 0.812. The van der Waals surface area contributed by atoms with E-state index in [0.717, 1.165) is 17.7 Å². The Bertz CT molecular complexity index is 312. The van der Waals surface area contributed by atoms with Crippen molar-refractivity contribution in [2.75, 3.05) is 18.9 Å². The van der Waals surface area contributed by atoms with Crippen molar-refractivity contribution in [2.24, 2.45) is 0 Å². The van der Waals surface area contributed by atoms with Gasteiger partial charge in [-0.1, -0.05) is 12.1 Å². The predicted octanol–water partition coefficient (Wildman–Crippen LogP) is 1.13. The molecule has 1 unspecified atom stereocenters. The minimum absolute atomic E-state index is 0.166. The molecule has 0 spiro atoms. The van der Waals surface area contributed by atoms with E-state index in [-0.39, 0.29) is 12.5 Å². The molecule has 3 N–H and O–H groups in total. The number of nitrogen functional groups attached to an aromatic ring is 1. The number of benzene rings is 1. The van der Waals surface area contributed by atoms with Crippen LogP contribution in [0.25, 0.3) is 0 Å². The number of ether oxygens (including phenoxy) is 1. The predicted molar refractivity (Wildman–Crippen MR) is 50.8 cm³/mol. The van der Waals surface area contributed by atoms with E-state index in [1.54, 1.807) is 0 Å². The van der Waals surface area contributed by atoms with Gasteiger partial charge in [0.1, 0.15) is 5.75 Å². The van der Waals surface area contributed by atoms with Gasteiger partial charge in [0.05, 0.1) is 18.9 Å². The Balaban J connectivity index is 2.45. The van der Waals surface area contributed by atoms with Crippen molar-refractivity contribution in [3.05, 3.63) is 23.8 Å². The molecule has 0 amide bonds. The first kappa shape index (κ1) is 8.38. The second-order valence-corrected chi connectivity index (χ2v) is 3.28. The van der Waals surface area contributed by atoms with Crippen molar-refractivity contribution in [3.8, 4) is 5.75 Å². The molecule has 1 atom stereocenters.